The zero-order valence-corrected chi connectivity index (χ0v) is 8.95. The minimum Gasteiger partial charge on any atom is -0.508 e. The van der Waals surface area contributed by atoms with Crippen molar-refractivity contribution in [2.45, 2.75) is 12.5 Å². The Morgan fingerprint density at radius 1 is 1.13 bits per heavy atom. The molecule has 78 valence electrons. The molecule has 0 aliphatic carbocycles. The van der Waals surface area contributed by atoms with Crippen molar-refractivity contribution in [3.05, 3.63) is 52.2 Å². The first kappa shape index (κ1) is 10.2. The van der Waals surface area contributed by atoms with Crippen LogP contribution in [0.1, 0.15) is 16.5 Å². The van der Waals surface area contributed by atoms with E-state index in [1.165, 1.54) is 0 Å². The molecule has 2 N–H and O–H groups in total. The van der Waals surface area contributed by atoms with Crippen LogP contribution in [0.15, 0.2) is 41.8 Å². The maximum absolute atomic E-state index is 9.88. The topological polar surface area (TPSA) is 40.5 Å². The smallest absolute Gasteiger partial charge is 0.115 e. The first-order chi connectivity index (χ1) is 7.25. The molecule has 0 aliphatic rings. The Kier molecular flexibility index (Phi) is 3.04. The Morgan fingerprint density at radius 2 is 1.87 bits per heavy atom. The normalized spacial score (nSPS) is 12.6. The molecule has 0 bridgehead atoms. The highest BCUT2D eigenvalue weighted by atomic mass is 32.1. The van der Waals surface area contributed by atoms with E-state index < -0.39 is 6.10 Å². The molecule has 0 amide bonds. The largest absolute Gasteiger partial charge is 0.508 e. The van der Waals surface area contributed by atoms with Gasteiger partial charge in [0, 0.05) is 11.3 Å². The van der Waals surface area contributed by atoms with E-state index in [1.54, 1.807) is 23.5 Å². The number of rotatable bonds is 3. The molecule has 1 atom stereocenters. The maximum atomic E-state index is 9.88. The van der Waals surface area contributed by atoms with Crippen molar-refractivity contribution in [1.82, 2.24) is 0 Å². The van der Waals surface area contributed by atoms with Crippen LogP contribution in [0.25, 0.3) is 0 Å². The zero-order chi connectivity index (χ0) is 10.7. The van der Waals surface area contributed by atoms with Gasteiger partial charge in [0.15, 0.2) is 0 Å². The molecule has 0 aliphatic heterocycles. The average molecular weight is 220 g/mol. The van der Waals surface area contributed by atoms with Crippen LogP contribution in [0.3, 0.4) is 0 Å². The van der Waals surface area contributed by atoms with Gasteiger partial charge in [0.1, 0.15) is 5.75 Å². The molecule has 2 rings (SSSR count). The number of aliphatic hydroxyl groups is 1. The van der Waals surface area contributed by atoms with Gasteiger partial charge in [0.2, 0.25) is 0 Å². The average Bonchev–Trinajstić information content (AvgIpc) is 2.74. The fourth-order valence-corrected chi connectivity index (χ4v) is 2.15. The summed E-state index contributed by atoms with van der Waals surface area (Å²) in [7, 11) is 0. The van der Waals surface area contributed by atoms with E-state index in [4.69, 9.17) is 5.11 Å². The predicted molar refractivity (Wildman–Crippen MR) is 61.1 cm³/mol. The van der Waals surface area contributed by atoms with Gasteiger partial charge >= 0.3 is 0 Å². The van der Waals surface area contributed by atoms with Crippen molar-refractivity contribution in [3.8, 4) is 5.75 Å². The van der Waals surface area contributed by atoms with E-state index in [-0.39, 0.29) is 5.75 Å². The number of hydrogen-bond donors (Lipinski definition) is 2. The van der Waals surface area contributed by atoms with Gasteiger partial charge in [-0.1, -0.05) is 18.2 Å². The van der Waals surface area contributed by atoms with Crippen molar-refractivity contribution in [3.63, 3.8) is 0 Å². The molecule has 2 aromatic rings. The monoisotopic (exact) mass is 220 g/mol. The van der Waals surface area contributed by atoms with Gasteiger partial charge < -0.3 is 10.2 Å². The first-order valence-corrected chi connectivity index (χ1v) is 5.63. The molecule has 1 heterocycles. The van der Waals surface area contributed by atoms with E-state index in [0.29, 0.717) is 6.42 Å². The van der Waals surface area contributed by atoms with Crippen LogP contribution in [0, 0.1) is 0 Å². The lowest BCUT2D eigenvalue weighted by Crippen LogP contribution is -1.98. The van der Waals surface area contributed by atoms with Crippen LogP contribution in [0.5, 0.6) is 5.75 Å². The predicted octanol–water partition coefficient (Wildman–Crippen LogP) is 2.73. The third kappa shape index (κ3) is 2.58. The van der Waals surface area contributed by atoms with Crippen molar-refractivity contribution in [1.29, 1.82) is 0 Å². The zero-order valence-electron chi connectivity index (χ0n) is 8.13. The minimum absolute atomic E-state index is 0.254. The van der Waals surface area contributed by atoms with E-state index in [1.807, 2.05) is 29.6 Å². The highest BCUT2D eigenvalue weighted by Gasteiger charge is 2.08. The Morgan fingerprint density at radius 3 is 2.47 bits per heavy atom. The van der Waals surface area contributed by atoms with Gasteiger partial charge in [-0.2, -0.15) is 0 Å². The molecule has 1 aromatic heterocycles. The Bertz CT molecular complexity index is 406. The van der Waals surface area contributed by atoms with Gasteiger partial charge in [0.05, 0.1) is 6.10 Å². The lowest BCUT2D eigenvalue weighted by Gasteiger charge is -2.08. The number of phenolic OH excluding ortho intramolecular Hbond substituents is 1. The minimum atomic E-state index is -0.449. The second-order valence-corrected chi connectivity index (χ2v) is 4.38. The standard InChI is InChI=1S/C12H12O2S/c13-10-5-3-9(4-6-10)8-11(14)12-2-1-7-15-12/h1-7,11,13-14H,8H2. The second kappa shape index (κ2) is 4.47. The number of thiophene rings is 1. The molecule has 2 nitrogen and oxygen atoms in total. The summed E-state index contributed by atoms with van der Waals surface area (Å²) in [4.78, 5) is 0.975. The molecule has 1 aromatic carbocycles. The van der Waals surface area contributed by atoms with Crippen LogP contribution in [0.4, 0.5) is 0 Å². The molecule has 0 fully saturated rings. The molecule has 1 unspecified atom stereocenters. The molecule has 0 spiro atoms. The van der Waals surface area contributed by atoms with E-state index >= 15 is 0 Å². The third-order valence-electron chi connectivity index (χ3n) is 2.24. The Labute approximate surface area is 92.4 Å². The summed E-state index contributed by atoms with van der Waals surface area (Å²) in [6.45, 7) is 0. The summed E-state index contributed by atoms with van der Waals surface area (Å²) in [5.74, 6) is 0.254. The quantitative estimate of drug-likeness (QED) is 0.835. The molecule has 15 heavy (non-hydrogen) atoms. The summed E-state index contributed by atoms with van der Waals surface area (Å²) >= 11 is 1.55. The lowest BCUT2D eigenvalue weighted by atomic mass is 10.1. The van der Waals surface area contributed by atoms with Crippen LogP contribution >= 0.6 is 11.3 Å². The summed E-state index contributed by atoms with van der Waals surface area (Å²) < 4.78 is 0. The molecular formula is C12H12O2S. The Balaban J connectivity index is 2.06. The van der Waals surface area contributed by atoms with Gasteiger partial charge in [-0.15, -0.1) is 11.3 Å². The van der Waals surface area contributed by atoms with Crippen LogP contribution in [0.2, 0.25) is 0 Å². The maximum Gasteiger partial charge on any atom is 0.115 e. The molecule has 3 heteroatoms. The van der Waals surface area contributed by atoms with Crippen LogP contribution in [-0.4, -0.2) is 10.2 Å². The molecule has 0 saturated heterocycles. The number of phenols is 1. The first-order valence-electron chi connectivity index (χ1n) is 4.75. The SMILES string of the molecule is Oc1ccc(CC(O)c2cccs2)cc1. The summed E-state index contributed by atoms with van der Waals surface area (Å²) in [5.41, 5.74) is 1.02. The van der Waals surface area contributed by atoms with Gasteiger partial charge in [-0.3, -0.25) is 0 Å². The van der Waals surface area contributed by atoms with E-state index in [0.717, 1.165) is 10.4 Å². The van der Waals surface area contributed by atoms with Gasteiger partial charge in [-0.25, -0.2) is 0 Å². The summed E-state index contributed by atoms with van der Waals surface area (Å²) in [6, 6.07) is 10.8. The third-order valence-corrected chi connectivity index (χ3v) is 3.21. The molecule has 0 saturated carbocycles. The summed E-state index contributed by atoms with van der Waals surface area (Å²) in [6.07, 6.45) is 0.135. The fourth-order valence-electron chi connectivity index (χ4n) is 1.44. The fraction of sp³-hybridized carbons (Fsp3) is 0.167. The lowest BCUT2D eigenvalue weighted by molar-refractivity contribution is 0.182. The highest BCUT2D eigenvalue weighted by molar-refractivity contribution is 7.10. The highest BCUT2D eigenvalue weighted by Crippen LogP contribution is 2.23. The van der Waals surface area contributed by atoms with Gasteiger partial charge in [0.25, 0.3) is 0 Å². The number of benzene rings is 1. The van der Waals surface area contributed by atoms with Crippen molar-refractivity contribution < 1.29 is 10.2 Å². The summed E-state index contributed by atoms with van der Waals surface area (Å²) in [5, 5.41) is 20.9. The Hall–Kier alpha value is -1.32. The molecular weight excluding hydrogens is 208 g/mol. The van der Waals surface area contributed by atoms with Gasteiger partial charge in [-0.05, 0) is 29.1 Å². The number of aliphatic hydroxyl groups excluding tert-OH is 1. The number of hydrogen-bond acceptors (Lipinski definition) is 3. The second-order valence-electron chi connectivity index (χ2n) is 3.40. The van der Waals surface area contributed by atoms with Crippen LogP contribution in [-0.2, 0) is 6.42 Å². The molecule has 0 radical (unpaired) electrons. The van der Waals surface area contributed by atoms with Crippen molar-refractivity contribution in [2.24, 2.45) is 0 Å². The van der Waals surface area contributed by atoms with Crippen molar-refractivity contribution >= 4 is 11.3 Å². The number of aromatic hydroxyl groups is 1. The van der Waals surface area contributed by atoms with E-state index in [9.17, 15) is 5.11 Å². The van der Waals surface area contributed by atoms with E-state index in [2.05, 4.69) is 0 Å². The van der Waals surface area contributed by atoms with Crippen molar-refractivity contribution in [2.75, 3.05) is 0 Å². The van der Waals surface area contributed by atoms with Crippen LogP contribution < -0.4 is 0 Å².